The van der Waals surface area contributed by atoms with Gasteiger partial charge < -0.3 is 11.5 Å². The van der Waals surface area contributed by atoms with Crippen LogP contribution in [0.3, 0.4) is 0 Å². The van der Waals surface area contributed by atoms with Crippen molar-refractivity contribution in [3.05, 3.63) is 10.6 Å². The number of rotatable bonds is 2. The van der Waals surface area contributed by atoms with Gasteiger partial charge in [0.25, 0.3) is 0 Å². The van der Waals surface area contributed by atoms with E-state index in [0.717, 1.165) is 32.1 Å². The molecule has 1 aromatic heterocycles. The Bertz CT molecular complexity index is 334. The number of fused-ring (bicyclic) bond motifs is 1. The number of hydrogen-bond donors (Lipinski definition) is 2. The summed E-state index contributed by atoms with van der Waals surface area (Å²) in [6, 6.07) is 0. The molecule has 4 heteroatoms. The van der Waals surface area contributed by atoms with E-state index < -0.39 is 0 Å². The molecule has 1 aliphatic rings. The van der Waals surface area contributed by atoms with E-state index in [1.807, 2.05) is 0 Å². The lowest BCUT2D eigenvalue weighted by atomic mass is 9.81. The van der Waals surface area contributed by atoms with Crippen molar-refractivity contribution in [1.82, 2.24) is 4.98 Å². The van der Waals surface area contributed by atoms with Gasteiger partial charge in [0.1, 0.15) is 0 Å². The third-order valence-electron chi connectivity index (χ3n) is 2.91. The molecule has 0 amide bonds. The average molecular weight is 211 g/mol. The number of thiazole rings is 1. The number of hydrogen-bond acceptors (Lipinski definition) is 4. The van der Waals surface area contributed by atoms with E-state index >= 15 is 0 Å². The Kier molecular flexibility index (Phi) is 2.49. The number of aromatic nitrogens is 1. The fraction of sp³-hybridized carbons (Fsp3) is 0.700. The zero-order valence-electron chi connectivity index (χ0n) is 8.55. The van der Waals surface area contributed by atoms with E-state index in [-0.39, 0.29) is 5.54 Å². The minimum absolute atomic E-state index is 0.000718. The Labute approximate surface area is 88.5 Å². The zero-order valence-corrected chi connectivity index (χ0v) is 9.36. The van der Waals surface area contributed by atoms with Crippen LogP contribution in [0.4, 0.5) is 5.13 Å². The smallest absolute Gasteiger partial charge is 0.180 e. The zero-order chi connectivity index (χ0) is 10.2. The molecule has 1 aliphatic carbocycles. The standard InChI is InChI=1S/C10H17N3S/c1-2-4-10(12)5-3-7-8(6-10)14-9(11)13-7/h2-6,12H2,1H3,(H2,11,13). The molecule has 4 N–H and O–H groups in total. The maximum absolute atomic E-state index is 6.33. The summed E-state index contributed by atoms with van der Waals surface area (Å²) in [6.07, 6.45) is 5.27. The first-order chi connectivity index (χ1) is 6.63. The highest BCUT2D eigenvalue weighted by molar-refractivity contribution is 7.15. The van der Waals surface area contributed by atoms with E-state index in [9.17, 15) is 0 Å². The maximum atomic E-state index is 6.33. The van der Waals surface area contributed by atoms with Crippen molar-refractivity contribution in [2.75, 3.05) is 5.73 Å². The molecule has 0 bridgehead atoms. The minimum Gasteiger partial charge on any atom is -0.375 e. The summed E-state index contributed by atoms with van der Waals surface area (Å²) in [6.45, 7) is 2.19. The second kappa shape index (κ2) is 3.51. The van der Waals surface area contributed by atoms with Crippen LogP contribution in [0.25, 0.3) is 0 Å². The highest BCUT2D eigenvalue weighted by Crippen LogP contribution is 2.34. The van der Waals surface area contributed by atoms with Crippen molar-refractivity contribution >= 4 is 16.5 Å². The van der Waals surface area contributed by atoms with Crippen LogP contribution in [0.15, 0.2) is 0 Å². The molecule has 0 aromatic carbocycles. The topological polar surface area (TPSA) is 64.9 Å². The number of nitrogens with zero attached hydrogens (tertiary/aromatic N) is 1. The van der Waals surface area contributed by atoms with Crippen molar-refractivity contribution in [1.29, 1.82) is 0 Å². The summed E-state index contributed by atoms with van der Waals surface area (Å²) in [7, 11) is 0. The Morgan fingerprint density at radius 2 is 2.36 bits per heavy atom. The molecule has 1 atom stereocenters. The molecule has 3 nitrogen and oxygen atoms in total. The minimum atomic E-state index is 0.000718. The van der Waals surface area contributed by atoms with Crippen LogP contribution in [0.2, 0.25) is 0 Å². The molecule has 1 heterocycles. The van der Waals surface area contributed by atoms with Gasteiger partial charge in [-0.25, -0.2) is 4.98 Å². The van der Waals surface area contributed by atoms with Crippen LogP contribution in [0, 0.1) is 0 Å². The molecular formula is C10H17N3S. The van der Waals surface area contributed by atoms with Gasteiger partial charge in [0.2, 0.25) is 0 Å². The summed E-state index contributed by atoms with van der Waals surface area (Å²) in [5.74, 6) is 0. The van der Waals surface area contributed by atoms with Crippen molar-refractivity contribution in [3.63, 3.8) is 0 Å². The molecule has 2 rings (SSSR count). The van der Waals surface area contributed by atoms with Crippen molar-refractivity contribution in [2.45, 2.75) is 44.6 Å². The van der Waals surface area contributed by atoms with Crippen molar-refractivity contribution in [3.8, 4) is 0 Å². The quantitative estimate of drug-likeness (QED) is 0.782. The fourth-order valence-electron chi connectivity index (χ4n) is 2.22. The number of aryl methyl sites for hydroxylation is 1. The first-order valence-corrected chi connectivity index (χ1v) is 5.97. The van der Waals surface area contributed by atoms with Gasteiger partial charge in [-0.2, -0.15) is 0 Å². The van der Waals surface area contributed by atoms with E-state index in [0.29, 0.717) is 5.13 Å². The molecule has 1 unspecified atom stereocenters. The Balaban J connectivity index is 2.20. The first-order valence-electron chi connectivity index (χ1n) is 5.16. The van der Waals surface area contributed by atoms with Crippen LogP contribution in [-0.2, 0) is 12.8 Å². The summed E-state index contributed by atoms with van der Waals surface area (Å²) in [5, 5.41) is 0.691. The van der Waals surface area contributed by atoms with E-state index in [1.165, 1.54) is 10.6 Å². The van der Waals surface area contributed by atoms with Crippen molar-refractivity contribution in [2.24, 2.45) is 5.73 Å². The molecule has 0 saturated carbocycles. The average Bonchev–Trinajstić information content (AvgIpc) is 2.44. The summed E-state index contributed by atoms with van der Waals surface area (Å²) in [5.41, 5.74) is 13.2. The van der Waals surface area contributed by atoms with Gasteiger partial charge in [-0.1, -0.05) is 13.3 Å². The molecule has 0 fully saturated rings. The van der Waals surface area contributed by atoms with Gasteiger partial charge in [-0.3, -0.25) is 0 Å². The lowest BCUT2D eigenvalue weighted by Gasteiger charge is -2.32. The third kappa shape index (κ3) is 1.77. The lowest BCUT2D eigenvalue weighted by molar-refractivity contribution is 0.344. The summed E-state index contributed by atoms with van der Waals surface area (Å²) >= 11 is 1.61. The van der Waals surface area contributed by atoms with Gasteiger partial charge in [-0.05, 0) is 19.3 Å². The highest BCUT2D eigenvalue weighted by Gasteiger charge is 2.31. The molecule has 0 saturated heterocycles. The molecule has 1 aromatic rings. The first kappa shape index (κ1) is 9.93. The van der Waals surface area contributed by atoms with E-state index in [1.54, 1.807) is 11.3 Å². The number of nitrogens with two attached hydrogens (primary N) is 2. The number of anilines is 1. The Hall–Kier alpha value is -0.610. The van der Waals surface area contributed by atoms with Crippen LogP contribution >= 0.6 is 11.3 Å². The molecular weight excluding hydrogens is 194 g/mol. The van der Waals surface area contributed by atoms with Gasteiger partial charge in [-0.15, -0.1) is 11.3 Å². The molecule has 0 radical (unpaired) electrons. The third-order valence-corrected chi connectivity index (χ3v) is 3.84. The van der Waals surface area contributed by atoms with Crippen LogP contribution in [-0.4, -0.2) is 10.5 Å². The van der Waals surface area contributed by atoms with E-state index in [4.69, 9.17) is 11.5 Å². The molecule has 14 heavy (non-hydrogen) atoms. The van der Waals surface area contributed by atoms with Gasteiger partial charge in [0.15, 0.2) is 5.13 Å². The summed E-state index contributed by atoms with van der Waals surface area (Å²) in [4.78, 5) is 5.63. The van der Waals surface area contributed by atoms with Gasteiger partial charge in [0.05, 0.1) is 5.69 Å². The predicted octanol–water partition coefficient (Wildman–Crippen LogP) is 1.71. The van der Waals surface area contributed by atoms with Gasteiger partial charge >= 0.3 is 0 Å². The van der Waals surface area contributed by atoms with Crippen LogP contribution < -0.4 is 11.5 Å². The predicted molar refractivity (Wildman–Crippen MR) is 60.4 cm³/mol. The lowest BCUT2D eigenvalue weighted by Crippen LogP contribution is -2.44. The normalized spacial score (nSPS) is 26.1. The highest BCUT2D eigenvalue weighted by atomic mass is 32.1. The molecule has 0 spiro atoms. The maximum Gasteiger partial charge on any atom is 0.180 e. The van der Waals surface area contributed by atoms with Crippen molar-refractivity contribution < 1.29 is 0 Å². The SMILES string of the molecule is CCCC1(N)CCc2nc(N)sc2C1. The van der Waals surface area contributed by atoms with Crippen LogP contribution in [0.1, 0.15) is 36.8 Å². The number of nitrogen functional groups attached to an aromatic ring is 1. The monoisotopic (exact) mass is 211 g/mol. The molecule has 0 aliphatic heterocycles. The summed E-state index contributed by atoms with van der Waals surface area (Å²) < 4.78 is 0. The van der Waals surface area contributed by atoms with Gasteiger partial charge in [0, 0.05) is 16.8 Å². The molecule has 78 valence electrons. The fourth-order valence-corrected chi connectivity index (χ4v) is 3.26. The largest absolute Gasteiger partial charge is 0.375 e. The van der Waals surface area contributed by atoms with E-state index in [2.05, 4.69) is 11.9 Å². The Morgan fingerprint density at radius 3 is 3.07 bits per heavy atom. The second-order valence-electron chi connectivity index (χ2n) is 4.21. The van der Waals surface area contributed by atoms with Crippen LogP contribution in [0.5, 0.6) is 0 Å². The second-order valence-corrected chi connectivity index (χ2v) is 5.33. The Morgan fingerprint density at radius 1 is 1.57 bits per heavy atom.